The maximum Gasteiger partial charge on any atom is 0.297 e. The maximum absolute atomic E-state index is 12.6. The monoisotopic (exact) mass is 488 g/mol. The zero-order chi connectivity index (χ0) is 25.0. The van der Waals surface area contributed by atoms with Crippen molar-refractivity contribution in [2.75, 3.05) is 6.61 Å². The highest BCUT2D eigenvalue weighted by molar-refractivity contribution is 7.86. The summed E-state index contributed by atoms with van der Waals surface area (Å²) in [6.45, 7) is 12.8. The molecule has 5 unspecified atom stereocenters. The van der Waals surface area contributed by atoms with Crippen LogP contribution in [0.25, 0.3) is 0 Å². The van der Waals surface area contributed by atoms with E-state index >= 15 is 0 Å². The topological polar surface area (TPSA) is 112 Å². The summed E-state index contributed by atoms with van der Waals surface area (Å²) < 4.78 is 48.4. The van der Waals surface area contributed by atoms with Gasteiger partial charge in [-0.05, 0) is 59.6 Å². The van der Waals surface area contributed by atoms with Gasteiger partial charge in [0.2, 0.25) is 0 Å². The minimum absolute atomic E-state index is 0.00947. The molecule has 190 valence electrons. The molecule has 1 heterocycles. The predicted octanol–water partition coefficient (Wildman–Crippen LogP) is 3.32. The summed E-state index contributed by atoms with van der Waals surface area (Å²) in [7, 11) is -4.07. The number of aliphatic hydroxyl groups is 2. The van der Waals surface area contributed by atoms with Crippen LogP contribution in [0.3, 0.4) is 0 Å². The van der Waals surface area contributed by atoms with Crippen molar-refractivity contribution in [1.82, 2.24) is 0 Å². The van der Waals surface area contributed by atoms with Crippen LogP contribution in [0.1, 0.15) is 66.4 Å². The van der Waals surface area contributed by atoms with Crippen LogP contribution in [0.2, 0.25) is 0 Å². The number of aryl methyl sites for hydroxylation is 1. The summed E-state index contributed by atoms with van der Waals surface area (Å²) in [5.74, 6) is 0. The van der Waals surface area contributed by atoms with Crippen molar-refractivity contribution in [3.8, 4) is 0 Å². The maximum atomic E-state index is 12.6. The zero-order valence-corrected chi connectivity index (χ0v) is 21.6. The summed E-state index contributed by atoms with van der Waals surface area (Å²) in [4.78, 5) is 0.00947. The normalized spacial score (nSPS) is 27.0. The first-order chi connectivity index (χ1) is 15.2. The Labute approximate surface area is 198 Å². The van der Waals surface area contributed by atoms with Gasteiger partial charge in [-0.2, -0.15) is 8.42 Å². The lowest BCUT2D eigenvalue weighted by Gasteiger charge is -2.46. The molecule has 0 bridgehead atoms. The molecule has 1 aromatic carbocycles. The van der Waals surface area contributed by atoms with Crippen molar-refractivity contribution >= 4 is 10.1 Å². The summed E-state index contributed by atoms with van der Waals surface area (Å²) in [6.07, 6.45) is -3.64. The fourth-order valence-corrected chi connectivity index (χ4v) is 4.55. The van der Waals surface area contributed by atoms with E-state index in [0.717, 1.165) is 18.4 Å². The third-order valence-electron chi connectivity index (χ3n) is 5.93. The lowest BCUT2D eigenvalue weighted by molar-refractivity contribution is -0.336. The molecule has 0 aromatic heterocycles. The van der Waals surface area contributed by atoms with Gasteiger partial charge in [0, 0.05) is 0 Å². The van der Waals surface area contributed by atoms with Crippen molar-refractivity contribution in [3.05, 3.63) is 29.8 Å². The Morgan fingerprint density at radius 3 is 2.12 bits per heavy atom. The van der Waals surface area contributed by atoms with Crippen molar-refractivity contribution < 1.29 is 37.0 Å². The molecular formula is C24H40O8S. The average Bonchev–Trinajstić information content (AvgIpc) is 2.72. The Balaban J connectivity index is 2.24. The second kappa shape index (κ2) is 11.1. The lowest BCUT2D eigenvalue weighted by atomic mass is 9.96. The van der Waals surface area contributed by atoms with E-state index in [9.17, 15) is 18.6 Å². The van der Waals surface area contributed by atoms with Crippen LogP contribution in [-0.4, -0.2) is 67.1 Å². The largest absolute Gasteiger partial charge is 0.387 e. The number of hydrogen-bond donors (Lipinski definition) is 2. The first kappa shape index (κ1) is 28.2. The molecule has 0 spiro atoms. The average molecular weight is 489 g/mol. The first-order valence-corrected chi connectivity index (χ1v) is 13.0. The van der Waals surface area contributed by atoms with E-state index in [4.69, 9.17) is 18.4 Å². The molecule has 0 amide bonds. The van der Waals surface area contributed by atoms with Gasteiger partial charge in [0.25, 0.3) is 10.1 Å². The van der Waals surface area contributed by atoms with Gasteiger partial charge in [0.1, 0.15) is 24.4 Å². The first-order valence-electron chi connectivity index (χ1n) is 11.5. The van der Waals surface area contributed by atoms with Gasteiger partial charge in [-0.3, -0.25) is 4.18 Å². The molecule has 1 aliphatic heterocycles. The van der Waals surface area contributed by atoms with Crippen LogP contribution in [0.15, 0.2) is 29.2 Å². The molecule has 0 saturated carbocycles. The SMILES string of the molecule is CCCC(C)(C)OC1OC(COS(=O)(=O)c2ccc(C)cc2)C(O)C(OC(C)(C)CC)C1O. The van der Waals surface area contributed by atoms with Crippen molar-refractivity contribution in [2.45, 2.75) is 115 Å². The van der Waals surface area contributed by atoms with Gasteiger partial charge in [-0.25, -0.2) is 0 Å². The molecule has 8 nitrogen and oxygen atoms in total. The van der Waals surface area contributed by atoms with Crippen LogP contribution >= 0.6 is 0 Å². The highest BCUT2D eigenvalue weighted by Gasteiger charge is 2.49. The zero-order valence-electron chi connectivity index (χ0n) is 20.8. The van der Waals surface area contributed by atoms with Crippen LogP contribution in [0.5, 0.6) is 0 Å². The smallest absolute Gasteiger partial charge is 0.297 e. The lowest BCUT2D eigenvalue weighted by Crippen LogP contribution is -2.62. The summed E-state index contributed by atoms with van der Waals surface area (Å²) in [5.41, 5.74) is -0.318. The van der Waals surface area contributed by atoms with Crippen molar-refractivity contribution in [1.29, 1.82) is 0 Å². The number of hydrogen-bond acceptors (Lipinski definition) is 8. The second-order valence-corrected chi connectivity index (χ2v) is 11.5. The molecule has 0 aliphatic carbocycles. The third-order valence-corrected chi connectivity index (χ3v) is 7.23. The minimum Gasteiger partial charge on any atom is -0.387 e. The van der Waals surface area contributed by atoms with Crippen LogP contribution in [-0.2, 0) is 28.5 Å². The molecular weight excluding hydrogens is 448 g/mol. The standard InChI is InChI=1S/C24H40O8S/c1-8-14-24(6,7)32-22-20(26)21(31-23(4,5)9-2)19(25)18(30-22)15-29-33(27,28)17-12-10-16(3)11-13-17/h10-13,18-22,25-26H,8-9,14-15H2,1-7H3. The van der Waals surface area contributed by atoms with Crippen LogP contribution in [0, 0.1) is 6.92 Å². The van der Waals surface area contributed by atoms with E-state index in [0.29, 0.717) is 6.42 Å². The fourth-order valence-electron chi connectivity index (χ4n) is 3.63. The molecule has 9 heteroatoms. The molecule has 1 saturated heterocycles. The van der Waals surface area contributed by atoms with E-state index in [-0.39, 0.29) is 4.90 Å². The summed E-state index contributed by atoms with van der Waals surface area (Å²) in [6, 6.07) is 6.27. The number of ether oxygens (including phenoxy) is 3. The van der Waals surface area contributed by atoms with Crippen LogP contribution in [0.4, 0.5) is 0 Å². The molecule has 1 fully saturated rings. The van der Waals surface area contributed by atoms with E-state index in [1.807, 2.05) is 48.5 Å². The van der Waals surface area contributed by atoms with Gasteiger partial charge < -0.3 is 24.4 Å². The Kier molecular flexibility index (Phi) is 9.49. The molecule has 33 heavy (non-hydrogen) atoms. The van der Waals surface area contributed by atoms with E-state index < -0.39 is 58.6 Å². The predicted molar refractivity (Wildman–Crippen MR) is 124 cm³/mol. The number of aliphatic hydroxyl groups excluding tert-OH is 2. The highest BCUT2D eigenvalue weighted by atomic mass is 32.2. The van der Waals surface area contributed by atoms with Crippen LogP contribution < -0.4 is 0 Å². The third kappa shape index (κ3) is 7.71. The molecule has 2 rings (SSSR count). The minimum atomic E-state index is -4.07. The Morgan fingerprint density at radius 2 is 1.58 bits per heavy atom. The Morgan fingerprint density at radius 1 is 0.970 bits per heavy atom. The highest BCUT2D eigenvalue weighted by Crippen LogP contribution is 2.32. The number of benzene rings is 1. The summed E-state index contributed by atoms with van der Waals surface area (Å²) >= 11 is 0. The second-order valence-electron chi connectivity index (χ2n) is 9.90. The quantitative estimate of drug-likeness (QED) is 0.456. The molecule has 1 aliphatic rings. The summed E-state index contributed by atoms with van der Waals surface area (Å²) in [5, 5.41) is 21.9. The van der Waals surface area contributed by atoms with E-state index in [1.54, 1.807) is 12.1 Å². The van der Waals surface area contributed by atoms with E-state index in [2.05, 4.69) is 0 Å². The Bertz CT molecular complexity index is 850. The van der Waals surface area contributed by atoms with E-state index in [1.165, 1.54) is 12.1 Å². The van der Waals surface area contributed by atoms with Gasteiger partial charge >= 0.3 is 0 Å². The molecule has 5 atom stereocenters. The number of rotatable bonds is 11. The van der Waals surface area contributed by atoms with Gasteiger partial charge in [0.05, 0.1) is 22.7 Å². The molecule has 0 radical (unpaired) electrons. The van der Waals surface area contributed by atoms with Crippen molar-refractivity contribution in [2.24, 2.45) is 0 Å². The fraction of sp³-hybridized carbons (Fsp3) is 0.750. The molecule has 1 aromatic rings. The van der Waals surface area contributed by atoms with Gasteiger partial charge in [0.15, 0.2) is 6.29 Å². The van der Waals surface area contributed by atoms with Crippen molar-refractivity contribution in [3.63, 3.8) is 0 Å². The Hall–Kier alpha value is -1.07. The van der Waals surface area contributed by atoms with Gasteiger partial charge in [-0.15, -0.1) is 0 Å². The van der Waals surface area contributed by atoms with Gasteiger partial charge in [-0.1, -0.05) is 38.0 Å². The molecule has 2 N–H and O–H groups in total.